The normalized spacial score (nSPS) is 10.7. The Hall–Kier alpha value is -3.96. The number of anilines is 1. The monoisotopic (exact) mass is 522 g/mol. The Labute approximate surface area is 214 Å². The summed E-state index contributed by atoms with van der Waals surface area (Å²) < 4.78 is 5.13. The molecule has 0 aliphatic rings. The molecule has 0 unspecified atom stereocenters. The Morgan fingerprint density at radius 2 is 1.78 bits per heavy atom. The van der Waals surface area contributed by atoms with Gasteiger partial charge in [0.05, 0.1) is 23.6 Å². The molecule has 2 aromatic carbocycles. The van der Waals surface area contributed by atoms with Crippen LogP contribution in [0.4, 0.5) is 5.13 Å². The Balaban J connectivity index is 1.44. The van der Waals surface area contributed by atoms with Crippen LogP contribution in [0, 0.1) is 0 Å². The summed E-state index contributed by atoms with van der Waals surface area (Å²) in [6.45, 7) is 1.93. The Morgan fingerprint density at radius 3 is 2.44 bits per heavy atom. The molecule has 4 aromatic rings. The fourth-order valence-electron chi connectivity index (χ4n) is 3.28. The summed E-state index contributed by atoms with van der Waals surface area (Å²) in [4.78, 5) is 48.8. The summed E-state index contributed by atoms with van der Waals surface area (Å²) in [5, 5.41) is 13.3. The van der Waals surface area contributed by atoms with Crippen LogP contribution in [-0.4, -0.2) is 44.3 Å². The van der Waals surface area contributed by atoms with Crippen molar-refractivity contribution in [1.82, 2.24) is 15.0 Å². The van der Waals surface area contributed by atoms with E-state index < -0.39 is 17.4 Å². The van der Waals surface area contributed by atoms with Crippen molar-refractivity contribution in [1.29, 1.82) is 0 Å². The van der Waals surface area contributed by atoms with E-state index in [2.05, 4.69) is 20.3 Å². The number of hydrogen-bond donors (Lipinski definition) is 3. The molecule has 0 atom stereocenters. The maximum Gasteiger partial charge on any atom is 0.350 e. The molecule has 2 heterocycles. The molecule has 0 saturated heterocycles. The average molecular weight is 523 g/mol. The van der Waals surface area contributed by atoms with Crippen molar-refractivity contribution in [3.63, 3.8) is 0 Å². The second-order valence-corrected chi connectivity index (χ2v) is 9.42. The third kappa shape index (κ3) is 6.18. The highest BCUT2D eigenvalue weighted by Gasteiger charge is 2.22. The minimum atomic E-state index is -0.517. The van der Waals surface area contributed by atoms with Crippen molar-refractivity contribution in [2.24, 2.45) is 0 Å². The van der Waals surface area contributed by atoms with Crippen molar-refractivity contribution < 1.29 is 19.4 Å². The van der Waals surface area contributed by atoms with E-state index in [0.29, 0.717) is 5.69 Å². The predicted octanol–water partition coefficient (Wildman–Crippen LogP) is 4.10. The van der Waals surface area contributed by atoms with Gasteiger partial charge in [0.2, 0.25) is 11.8 Å². The van der Waals surface area contributed by atoms with Crippen LogP contribution >= 0.6 is 23.1 Å². The lowest BCUT2D eigenvalue weighted by atomic mass is 10.1. The molecule has 0 radical (unpaired) electrons. The summed E-state index contributed by atoms with van der Waals surface area (Å²) in [5.41, 5.74) is 1.69. The molecule has 0 spiro atoms. The fourth-order valence-corrected chi connectivity index (χ4v) is 4.84. The maximum atomic E-state index is 12.6. The molecule has 0 aliphatic carbocycles. The molecule has 1 amide bonds. The molecular weight excluding hydrogens is 500 g/mol. The number of nitrogens with zero attached hydrogens (tertiary/aromatic N) is 2. The lowest BCUT2D eigenvalue weighted by Gasteiger charge is -2.06. The van der Waals surface area contributed by atoms with Crippen LogP contribution in [0.1, 0.15) is 27.7 Å². The van der Waals surface area contributed by atoms with Gasteiger partial charge in [-0.05, 0) is 12.5 Å². The van der Waals surface area contributed by atoms with Crippen LogP contribution in [0.15, 0.2) is 70.6 Å². The van der Waals surface area contributed by atoms with Crippen LogP contribution in [0.25, 0.3) is 11.3 Å². The van der Waals surface area contributed by atoms with E-state index in [0.717, 1.165) is 34.2 Å². The fraction of sp³-hybridized carbons (Fsp3) is 0.160. The summed E-state index contributed by atoms with van der Waals surface area (Å²) in [7, 11) is 0. The van der Waals surface area contributed by atoms with E-state index in [4.69, 9.17) is 4.74 Å². The highest BCUT2D eigenvalue weighted by molar-refractivity contribution is 7.99. The van der Waals surface area contributed by atoms with Gasteiger partial charge in [0.1, 0.15) is 4.88 Å². The molecule has 9 nitrogen and oxygen atoms in total. The summed E-state index contributed by atoms with van der Waals surface area (Å²) in [6, 6.07) is 18.4. The zero-order chi connectivity index (χ0) is 25.5. The zero-order valence-corrected chi connectivity index (χ0v) is 20.8. The van der Waals surface area contributed by atoms with Crippen molar-refractivity contribution >= 4 is 40.1 Å². The molecule has 3 N–H and O–H groups in total. The number of esters is 1. The second-order valence-electron chi connectivity index (χ2n) is 7.46. The highest BCUT2D eigenvalue weighted by atomic mass is 32.2. The summed E-state index contributed by atoms with van der Waals surface area (Å²) >= 11 is 1.98. The van der Waals surface area contributed by atoms with Gasteiger partial charge in [-0.15, -0.1) is 0 Å². The van der Waals surface area contributed by atoms with E-state index in [9.17, 15) is 19.5 Å². The average Bonchev–Trinajstić information content (AvgIpc) is 3.30. The van der Waals surface area contributed by atoms with E-state index in [-0.39, 0.29) is 45.4 Å². The Morgan fingerprint density at radius 1 is 1.08 bits per heavy atom. The number of aromatic hydroxyl groups is 1. The minimum absolute atomic E-state index is 0.102. The first-order valence-corrected chi connectivity index (χ1v) is 12.8. The molecule has 0 bridgehead atoms. The molecule has 4 rings (SSSR count). The largest absolute Gasteiger partial charge is 0.493 e. The van der Waals surface area contributed by atoms with Crippen molar-refractivity contribution in [3.05, 3.63) is 87.0 Å². The molecule has 11 heteroatoms. The van der Waals surface area contributed by atoms with Crippen molar-refractivity contribution in [2.45, 2.75) is 18.5 Å². The number of ether oxygens (including phenoxy) is 1. The number of amides is 1. The van der Waals surface area contributed by atoms with E-state index in [1.165, 1.54) is 0 Å². The number of aromatic amines is 1. The molecule has 0 fully saturated rings. The van der Waals surface area contributed by atoms with Gasteiger partial charge in [-0.1, -0.05) is 83.8 Å². The zero-order valence-electron chi connectivity index (χ0n) is 19.2. The maximum absolute atomic E-state index is 12.6. The predicted molar refractivity (Wildman–Crippen MR) is 139 cm³/mol. The van der Waals surface area contributed by atoms with Gasteiger partial charge in [-0.3, -0.25) is 9.59 Å². The van der Waals surface area contributed by atoms with Gasteiger partial charge in [-0.2, -0.15) is 4.98 Å². The van der Waals surface area contributed by atoms with Crippen molar-refractivity contribution in [3.8, 4) is 17.1 Å². The lowest BCUT2D eigenvalue weighted by molar-refractivity contribution is -0.113. The number of thiazole rings is 1. The number of carbonyl (C=O) groups excluding carboxylic acids is 2. The number of thioether (sulfide) groups is 1. The van der Waals surface area contributed by atoms with Crippen LogP contribution in [0.5, 0.6) is 5.88 Å². The Bertz CT molecular complexity index is 1420. The van der Waals surface area contributed by atoms with E-state index in [1.807, 2.05) is 60.7 Å². The van der Waals surface area contributed by atoms with Crippen LogP contribution in [0.2, 0.25) is 0 Å². The quantitative estimate of drug-likeness (QED) is 0.170. The highest BCUT2D eigenvalue weighted by Crippen LogP contribution is 2.32. The molecule has 2 aromatic heterocycles. The summed E-state index contributed by atoms with van der Waals surface area (Å²) in [6.07, 6.45) is 0.233. The smallest absolute Gasteiger partial charge is 0.350 e. The molecule has 36 heavy (non-hydrogen) atoms. The third-order valence-electron chi connectivity index (χ3n) is 4.92. The van der Waals surface area contributed by atoms with Gasteiger partial charge >= 0.3 is 5.97 Å². The van der Waals surface area contributed by atoms with Gasteiger partial charge in [0.15, 0.2) is 10.3 Å². The molecule has 184 valence electrons. The molecule has 0 saturated carbocycles. The first-order valence-electron chi connectivity index (χ1n) is 11.0. The van der Waals surface area contributed by atoms with Gasteiger partial charge < -0.3 is 20.1 Å². The number of carbonyl (C=O) groups is 2. The number of benzene rings is 2. The number of aromatic nitrogens is 3. The number of nitrogens with one attached hydrogen (secondary N) is 2. The van der Waals surface area contributed by atoms with Crippen LogP contribution in [-0.2, 0) is 16.0 Å². The first-order chi connectivity index (χ1) is 17.4. The standard InChI is InChI=1S/C25H22N4O5S2/c1-2-34-23(33)20-19(16-11-7-4-8-12-16)27-25(36-20)26-18(30)14-35-24-28-21(31)17(22(32)29-24)13-15-9-5-3-6-10-15/h3-12H,2,13-14H2,1H3,(H,26,27,30)(H2,28,29,31,32). The molecular formula is C25H22N4O5S2. The molecule has 0 aliphatic heterocycles. The van der Waals surface area contributed by atoms with Crippen molar-refractivity contribution in [2.75, 3.05) is 17.7 Å². The number of hydrogen-bond acceptors (Lipinski definition) is 9. The van der Waals surface area contributed by atoms with Crippen LogP contribution < -0.4 is 10.9 Å². The van der Waals surface area contributed by atoms with Gasteiger partial charge in [-0.25, -0.2) is 9.78 Å². The van der Waals surface area contributed by atoms with E-state index >= 15 is 0 Å². The first kappa shape index (κ1) is 25.1. The SMILES string of the molecule is CCOC(=O)c1sc(NC(=O)CSc2nc(O)c(Cc3ccccc3)c(=O)[nH]2)nc1-c1ccccc1. The number of H-pyrrole nitrogens is 1. The van der Waals surface area contributed by atoms with Gasteiger partial charge in [0, 0.05) is 12.0 Å². The van der Waals surface area contributed by atoms with Crippen LogP contribution in [0.3, 0.4) is 0 Å². The third-order valence-corrected chi connectivity index (χ3v) is 6.74. The number of rotatable bonds is 9. The second kappa shape index (κ2) is 11.6. The topological polar surface area (TPSA) is 134 Å². The minimum Gasteiger partial charge on any atom is -0.493 e. The lowest BCUT2D eigenvalue weighted by Crippen LogP contribution is -2.17. The summed E-state index contributed by atoms with van der Waals surface area (Å²) in [5.74, 6) is -1.41. The van der Waals surface area contributed by atoms with E-state index in [1.54, 1.807) is 6.92 Å². The van der Waals surface area contributed by atoms with Gasteiger partial charge in [0.25, 0.3) is 5.56 Å². The Kier molecular flexibility index (Phi) is 8.13.